The van der Waals surface area contributed by atoms with Crippen LogP contribution in [-0.2, 0) is 6.54 Å². The van der Waals surface area contributed by atoms with Gasteiger partial charge in [0.15, 0.2) is 0 Å². The molecule has 166 valence electrons. The number of aliphatic hydroxyl groups is 1. The Labute approximate surface area is 186 Å². The summed E-state index contributed by atoms with van der Waals surface area (Å²) in [7, 11) is 0. The highest BCUT2D eigenvalue weighted by atomic mass is 16.3. The van der Waals surface area contributed by atoms with Gasteiger partial charge in [0.05, 0.1) is 6.04 Å². The normalized spacial score (nSPS) is 23.2. The molecular formula is C24H28N6O2. The zero-order valence-electron chi connectivity index (χ0n) is 17.9. The van der Waals surface area contributed by atoms with Crippen LogP contribution in [0.2, 0.25) is 0 Å². The number of fused-ring (bicyclic) bond motifs is 1. The second-order valence-corrected chi connectivity index (χ2v) is 9.09. The van der Waals surface area contributed by atoms with Gasteiger partial charge in [-0.3, -0.25) is 9.36 Å². The Balaban J connectivity index is 1.07. The number of hydrogen-bond donors (Lipinski definition) is 3. The third kappa shape index (κ3) is 3.44. The van der Waals surface area contributed by atoms with E-state index < -0.39 is 6.23 Å². The molecule has 6 rings (SSSR count). The number of piperidine rings is 1. The van der Waals surface area contributed by atoms with Crippen molar-refractivity contribution in [1.82, 2.24) is 24.8 Å². The van der Waals surface area contributed by atoms with Crippen LogP contribution in [0, 0.1) is 0 Å². The summed E-state index contributed by atoms with van der Waals surface area (Å²) < 4.78 is 1.89. The van der Waals surface area contributed by atoms with Gasteiger partial charge in [0, 0.05) is 54.6 Å². The number of nitrogens with one attached hydrogen (secondary N) is 2. The molecule has 1 saturated heterocycles. The molecule has 3 N–H and O–H groups in total. The number of aliphatic hydroxyl groups excluding tert-OH is 1. The van der Waals surface area contributed by atoms with Gasteiger partial charge < -0.3 is 25.2 Å². The van der Waals surface area contributed by atoms with Crippen molar-refractivity contribution in [2.45, 2.75) is 37.7 Å². The zero-order valence-corrected chi connectivity index (χ0v) is 17.9. The molecule has 3 aromatic rings. The van der Waals surface area contributed by atoms with E-state index in [1.54, 1.807) is 12.1 Å². The fourth-order valence-electron chi connectivity index (χ4n) is 5.39. The summed E-state index contributed by atoms with van der Waals surface area (Å²) in [5.41, 5.74) is 3.12. The summed E-state index contributed by atoms with van der Waals surface area (Å²) >= 11 is 0. The Hall–Kier alpha value is -2.94. The van der Waals surface area contributed by atoms with Gasteiger partial charge in [-0.2, -0.15) is 0 Å². The van der Waals surface area contributed by atoms with E-state index in [1.165, 1.54) is 0 Å². The molecule has 3 aliphatic rings. The number of nitrogens with zero attached hydrogens (tertiary/aromatic N) is 4. The largest absolute Gasteiger partial charge is 0.370 e. The summed E-state index contributed by atoms with van der Waals surface area (Å²) in [6.07, 6.45) is 7.02. The van der Waals surface area contributed by atoms with Gasteiger partial charge in [0.1, 0.15) is 17.7 Å². The van der Waals surface area contributed by atoms with Crippen LogP contribution in [0.1, 0.15) is 30.1 Å². The molecule has 1 fully saturated rings. The zero-order chi connectivity index (χ0) is 21.7. The highest BCUT2D eigenvalue weighted by molar-refractivity contribution is 5.76. The Morgan fingerprint density at radius 2 is 2.09 bits per heavy atom. The van der Waals surface area contributed by atoms with Crippen LogP contribution in [0.4, 0.5) is 5.82 Å². The van der Waals surface area contributed by atoms with E-state index in [2.05, 4.69) is 32.3 Å². The maximum absolute atomic E-state index is 12.6. The lowest BCUT2D eigenvalue weighted by Crippen LogP contribution is -2.45. The first-order chi connectivity index (χ1) is 15.7. The second-order valence-electron chi connectivity index (χ2n) is 9.09. The van der Waals surface area contributed by atoms with Crippen molar-refractivity contribution >= 4 is 22.9 Å². The van der Waals surface area contributed by atoms with E-state index in [-0.39, 0.29) is 11.6 Å². The van der Waals surface area contributed by atoms with Gasteiger partial charge >= 0.3 is 0 Å². The van der Waals surface area contributed by atoms with Crippen LogP contribution in [0.5, 0.6) is 0 Å². The monoisotopic (exact) mass is 432 g/mol. The minimum Gasteiger partial charge on any atom is -0.370 e. The predicted molar refractivity (Wildman–Crippen MR) is 125 cm³/mol. The standard InChI is InChI=1S/C24H28N6O2/c31-21-5-3-16-4-6-22(32)30-20(15-29(21)24(16)30)14-28-10-7-18(8-11-28)26-13-19-12-17-2-1-9-25-23(17)27-19/h1-6,9,12,18,20-21,26,31H,7-8,10-11,13-15H2,(H,25,27). The van der Waals surface area contributed by atoms with Crippen molar-refractivity contribution < 1.29 is 5.11 Å². The summed E-state index contributed by atoms with van der Waals surface area (Å²) in [5, 5.41) is 15.2. The fraction of sp³-hybridized carbons (Fsp3) is 0.417. The summed E-state index contributed by atoms with van der Waals surface area (Å²) in [6.45, 7) is 4.33. The maximum atomic E-state index is 12.6. The van der Waals surface area contributed by atoms with Crippen molar-refractivity contribution in [2.24, 2.45) is 0 Å². The minimum atomic E-state index is -0.657. The Kier molecular flexibility index (Phi) is 4.86. The summed E-state index contributed by atoms with van der Waals surface area (Å²) in [5.74, 6) is 0.863. The summed E-state index contributed by atoms with van der Waals surface area (Å²) in [6, 6.07) is 10.3. The van der Waals surface area contributed by atoms with Crippen molar-refractivity contribution in [3.8, 4) is 0 Å². The molecule has 8 heteroatoms. The maximum Gasteiger partial charge on any atom is 0.252 e. The molecule has 0 aliphatic carbocycles. The first kappa shape index (κ1) is 19.7. The first-order valence-corrected chi connectivity index (χ1v) is 11.4. The molecule has 2 atom stereocenters. The number of rotatable bonds is 5. The lowest BCUT2D eigenvalue weighted by Gasteiger charge is -2.34. The highest BCUT2D eigenvalue weighted by Crippen LogP contribution is 2.36. The van der Waals surface area contributed by atoms with Crippen LogP contribution in [0.15, 0.2) is 47.4 Å². The Bertz CT molecular complexity index is 1190. The van der Waals surface area contributed by atoms with Crippen molar-refractivity contribution in [3.63, 3.8) is 0 Å². The third-order valence-corrected chi connectivity index (χ3v) is 7.03. The van der Waals surface area contributed by atoms with E-state index in [0.717, 1.165) is 67.1 Å². The Morgan fingerprint density at radius 1 is 1.22 bits per heavy atom. The third-order valence-electron chi connectivity index (χ3n) is 7.03. The van der Waals surface area contributed by atoms with E-state index in [1.807, 2.05) is 33.9 Å². The highest BCUT2D eigenvalue weighted by Gasteiger charge is 2.36. The van der Waals surface area contributed by atoms with E-state index in [4.69, 9.17) is 0 Å². The van der Waals surface area contributed by atoms with Gasteiger partial charge in [0.2, 0.25) is 0 Å². The van der Waals surface area contributed by atoms with Gasteiger partial charge in [-0.05, 0) is 56.3 Å². The molecule has 6 heterocycles. The van der Waals surface area contributed by atoms with Crippen molar-refractivity contribution in [3.05, 3.63) is 64.2 Å². The minimum absolute atomic E-state index is 0.0168. The van der Waals surface area contributed by atoms with Gasteiger partial charge in [0.25, 0.3) is 5.56 Å². The number of likely N-dealkylation sites (tertiary alicyclic amines) is 1. The molecule has 0 spiro atoms. The number of H-pyrrole nitrogens is 1. The lowest BCUT2D eigenvalue weighted by molar-refractivity contribution is 0.172. The number of aromatic nitrogens is 3. The van der Waals surface area contributed by atoms with Crippen molar-refractivity contribution in [1.29, 1.82) is 0 Å². The number of aromatic amines is 1. The SMILES string of the molecule is O=c1ccc2c3n1C(CN1CCC(NCc4cc5cccnc5[nH]4)CC1)CN3C(O)C=C2. The lowest BCUT2D eigenvalue weighted by atomic mass is 10.0. The average molecular weight is 433 g/mol. The van der Waals surface area contributed by atoms with Crippen molar-refractivity contribution in [2.75, 3.05) is 31.1 Å². The molecular weight excluding hydrogens is 404 g/mol. The van der Waals surface area contributed by atoms with Gasteiger partial charge in [-0.25, -0.2) is 4.98 Å². The van der Waals surface area contributed by atoms with Gasteiger partial charge in [-0.1, -0.05) is 6.08 Å². The molecule has 2 unspecified atom stereocenters. The molecule has 8 nitrogen and oxygen atoms in total. The molecule has 0 saturated carbocycles. The Morgan fingerprint density at radius 3 is 2.94 bits per heavy atom. The molecule has 0 aromatic carbocycles. The van der Waals surface area contributed by atoms with Crippen LogP contribution >= 0.6 is 0 Å². The molecule has 3 aliphatic heterocycles. The fourth-order valence-corrected chi connectivity index (χ4v) is 5.39. The van der Waals surface area contributed by atoms with Crippen LogP contribution in [0.25, 0.3) is 17.1 Å². The van der Waals surface area contributed by atoms with E-state index >= 15 is 0 Å². The molecule has 3 aromatic heterocycles. The number of anilines is 1. The average Bonchev–Trinajstić information content (AvgIpc) is 3.40. The van der Waals surface area contributed by atoms with Crippen LogP contribution < -0.4 is 15.8 Å². The molecule has 0 amide bonds. The predicted octanol–water partition coefficient (Wildman–Crippen LogP) is 1.69. The topological polar surface area (TPSA) is 89.4 Å². The number of hydrogen-bond acceptors (Lipinski definition) is 6. The summed E-state index contributed by atoms with van der Waals surface area (Å²) in [4.78, 5) is 24.8. The van der Waals surface area contributed by atoms with Gasteiger partial charge in [-0.15, -0.1) is 0 Å². The van der Waals surface area contributed by atoms with E-state index in [0.29, 0.717) is 12.6 Å². The molecule has 0 bridgehead atoms. The quantitative estimate of drug-likeness (QED) is 0.569. The van der Waals surface area contributed by atoms with Crippen LogP contribution in [-0.4, -0.2) is 63.0 Å². The first-order valence-electron chi connectivity index (χ1n) is 11.4. The smallest absolute Gasteiger partial charge is 0.252 e. The van der Waals surface area contributed by atoms with Crippen LogP contribution in [0.3, 0.4) is 0 Å². The second kappa shape index (κ2) is 7.88. The number of pyridine rings is 2. The molecule has 32 heavy (non-hydrogen) atoms. The molecule has 0 radical (unpaired) electrons. The van der Waals surface area contributed by atoms with E-state index in [9.17, 15) is 9.90 Å².